The molecule has 1 atom stereocenters. The van der Waals surface area contributed by atoms with Crippen molar-refractivity contribution in [3.63, 3.8) is 0 Å². The molecule has 2 N–H and O–H groups in total. The van der Waals surface area contributed by atoms with E-state index >= 15 is 0 Å². The Labute approximate surface area is 122 Å². The summed E-state index contributed by atoms with van der Waals surface area (Å²) in [6.07, 6.45) is 0. The van der Waals surface area contributed by atoms with Crippen LogP contribution in [0.4, 0.5) is 0 Å². The highest BCUT2D eigenvalue weighted by molar-refractivity contribution is 7.07. The lowest BCUT2D eigenvalue weighted by molar-refractivity contribution is 0.458. The normalized spacial score (nSPS) is 12.7. The highest BCUT2D eigenvalue weighted by atomic mass is 32.1. The third-order valence-electron chi connectivity index (χ3n) is 3.59. The van der Waals surface area contributed by atoms with Gasteiger partial charge in [0.25, 0.3) is 0 Å². The minimum atomic E-state index is 0.111. The fourth-order valence-corrected chi connectivity index (χ4v) is 3.06. The van der Waals surface area contributed by atoms with Crippen molar-refractivity contribution >= 4 is 22.1 Å². The zero-order valence-corrected chi connectivity index (χ0v) is 12.2. The lowest BCUT2D eigenvalue weighted by atomic mass is 10.0. The van der Waals surface area contributed by atoms with E-state index in [0.717, 1.165) is 22.9 Å². The van der Waals surface area contributed by atoms with E-state index in [1.54, 1.807) is 11.3 Å². The molecule has 3 aromatic rings. The molecule has 1 heterocycles. The van der Waals surface area contributed by atoms with Crippen LogP contribution in [-0.4, -0.2) is 5.11 Å². The quantitative estimate of drug-likeness (QED) is 0.741. The summed E-state index contributed by atoms with van der Waals surface area (Å²) < 4.78 is 0. The highest BCUT2D eigenvalue weighted by Crippen LogP contribution is 2.32. The van der Waals surface area contributed by atoms with Crippen molar-refractivity contribution in [1.82, 2.24) is 5.32 Å². The molecule has 20 heavy (non-hydrogen) atoms. The Hall–Kier alpha value is -1.84. The van der Waals surface area contributed by atoms with Crippen molar-refractivity contribution in [2.24, 2.45) is 0 Å². The van der Waals surface area contributed by atoms with Crippen LogP contribution in [0, 0.1) is 0 Å². The molecule has 0 radical (unpaired) electrons. The maximum absolute atomic E-state index is 10.4. The molecule has 0 aliphatic rings. The number of rotatable bonds is 4. The summed E-state index contributed by atoms with van der Waals surface area (Å²) in [5, 5.41) is 20.1. The molecule has 102 valence electrons. The van der Waals surface area contributed by atoms with Crippen molar-refractivity contribution in [1.29, 1.82) is 0 Å². The smallest absolute Gasteiger partial charge is 0.128 e. The van der Waals surface area contributed by atoms with Gasteiger partial charge in [-0.15, -0.1) is 0 Å². The van der Waals surface area contributed by atoms with Crippen LogP contribution >= 0.6 is 11.3 Å². The van der Waals surface area contributed by atoms with Crippen molar-refractivity contribution < 1.29 is 5.11 Å². The average molecular weight is 283 g/mol. The predicted octanol–water partition coefficient (Wildman–Crippen LogP) is 4.46. The van der Waals surface area contributed by atoms with Crippen LogP contribution in [0.25, 0.3) is 10.8 Å². The summed E-state index contributed by atoms with van der Waals surface area (Å²) >= 11 is 1.70. The minimum absolute atomic E-state index is 0.111. The second-order valence-corrected chi connectivity index (χ2v) is 5.74. The Balaban J connectivity index is 1.84. The predicted molar refractivity (Wildman–Crippen MR) is 85.2 cm³/mol. The maximum atomic E-state index is 10.4. The Morgan fingerprint density at radius 1 is 1.15 bits per heavy atom. The number of hydrogen-bond donors (Lipinski definition) is 2. The summed E-state index contributed by atoms with van der Waals surface area (Å²) in [7, 11) is 0. The van der Waals surface area contributed by atoms with Crippen molar-refractivity contribution in [2.75, 3.05) is 0 Å². The van der Waals surface area contributed by atoms with Crippen LogP contribution in [0.2, 0.25) is 0 Å². The van der Waals surface area contributed by atoms with Gasteiger partial charge in [0.05, 0.1) is 0 Å². The van der Waals surface area contributed by atoms with Crippen LogP contribution in [0.15, 0.2) is 53.2 Å². The largest absolute Gasteiger partial charge is 0.507 e. The number of thiophene rings is 1. The fraction of sp³-hybridized carbons (Fsp3) is 0.176. The molecule has 1 unspecified atom stereocenters. The summed E-state index contributed by atoms with van der Waals surface area (Å²) in [6.45, 7) is 2.90. The van der Waals surface area contributed by atoms with Gasteiger partial charge in [-0.25, -0.2) is 0 Å². The van der Waals surface area contributed by atoms with E-state index < -0.39 is 0 Å². The number of fused-ring (bicyclic) bond motifs is 1. The van der Waals surface area contributed by atoms with E-state index in [1.807, 2.05) is 30.3 Å². The first-order valence-electron chi connectivity index (χ1n) is 6.71. The maximum Gasteiger partial charge on any atom is 0.128 e. The van der Waals surface area contributed by atoms with Gasteiger partial charge < -0.3 is 10.4 Å². The van der Waals surface area contributed by atoms with Crippen LogP contribution in [0.5, 0.6) is 5.75 Å². The second-order valence-electron chi connectivity index (χ2n) is 4.96. The molecule has 0 aliphatic carbocycles. The van der Waals surface area contributed by atoms with Crippen LogP contribution < -0.4 is 5.32 Å². The molecule has 0 aliphatic heterocycles. The molecular formula is C17H17NOS. The number of hydrogen-bond acceptors (Lipinski definition) is 3. The molecule has 0 fully saturated rings. The van der Waals surface area contributed by atoms with Gasteiger partial charge in [0, 0.05) is 23.5 Å². The molecule has 3 heteroatoms. The summed E-state index contributed by atoms with van der Waals surface area (Å²) in [6, 6.07) is 14.2. The van der Waals surface area contributed by atoms with Crippen LogP contribution in [0.3, 0.4) is 0 Å². The standard InChI is InChI=1S/C17H17NOS/c1-12(18-10-13-8-9-20-11-13)15-7-6-14-4-2-3-5-16(14)17(15)19/h2-9,11-12,18-19H,10H2,1H3. The van der Waals surface area contributed by atoms with E-state index in [2.05, 4.69) is 35.1 Å². The van der Waals surface area contributed by atoms with Crippen molar-refractivity contribution in [2.45, 2.75) is 19.5 Å². The van der Waals surface area contributed by atoms with Gasteiger partial charge in [-0.3, -0.25) is 0 Å². The van der Waals surface area contributed by atoms with Gasteiger partial charge in [0.1, 0.15) is 5.75 Å². The topological polar surface area (TPSA) is 32.3 Å². The average Bonchev–Trinajstić information content (AvgIpc) is 2.99. The number of benzene rings is 2. The van der Waals surface area contributed by atoms with Gasteiger partial charge in [0.15, 0.2) is 0 Å². The molecule has 0 amide bonds. The highest BCUT2D eigenvalue weighted by Gasteiger charge is 2.12. The first-order valence-corrected chi connectivity index (χ1v) is 7.65. The Kier molecular flexibility index (Phi) is 3.72. The van der Waals surface area contributed by atoms with Gasteiger partial charge in [-0.05, 0) is 34.7 Å². The molecule has 0 spiro atoms. The summed E-state index contributed by atoms with van der Waals surface area (Å²) in [5.41, 5.74) is 2.22. The summed E-state index contributed by atoms with van der Waals surface area (Å²) in [4.78, 5) is 0. The van der Waals surface area contributed by atoms with Gasteiger partial charge >= 0.3 is 0 Å². The summed E-state index contributed by atoms with van der Waals surface area (Å²) in [5.74, 6) is 0.383. The number of nitrogens with one attached hydrogen (secondary N) is 1. The van der Waals surface area contributed by atoms with E-state index in [0.29, 0.717) is 5.75 Å². The number of aromatic hydroxyl groups is 1. The minimum Gasteiger partial charge on any atom is -0.507 e. The van der Waals surface area contributed by atoms with E-state index in [4.69, 9.17) is 0 Å². The van der Waals surface area contributed by atoms with E-state index in [1.165, 1.54) is 5.56 Å². The number of phenols is 1. The Morgan fingerprint density at radius 3 is 2.80 bits per heavy atom. The Bertz CT molecular complexity index is 706. The molecule has 0 bridgehead atoms. The molecule has 3 rings (SSSR count). The van der Waals surface area contributed by atoms with Gasteiger partial charge in [-0.2, -0.15) is 11.3 Å². The molecule has 0 saturated carbocycles. The van der Waals surface area contributed by atoms with Gasteiger partial charge in [0.2, 0.25) is 0 Å². The lowest BCUT2D eigenvalue weighted by Crippen LogP contribution is -2.17. The van der Waals surface area contributed by atoms with Crippen molar-refractivity contribution in [3.8, 4) is 5.75 Å². The van der Waals surface area contributed by atoms with Crippen molar-refractivity contribution in [3.05, 3.63) is 64.4 Å². The fourth-order valence-electron chi connectivity index (χ4n) is 2.40. The molecule has 2 nitrogen and oxygen atoms in total. The zero-order chi connectivity index (χ0) is 13.9. The zero-order valence-electron chi connectivity index (χ0n) is 11.3. The van der Waals surface area contributed by atoms with Crippen LogP contribution in [-0.2, 0) is 6.54 Å². The van der Waals surface area contributed by atoms with E-state index in [9.17, 15) is 5.11 Å². The first kappa shape index (κ1) is 13.2. The number of phenolic OH excluding ortho intramolecular Hbond substituents is 1. The SMILES string of the molecule is CC(NCc1ccsc1)c1ccc2ccccc2c1O. The molecule has 0 saturated heterocycles. The van der Waals surface area contributed by atoms with Crippen LogP contribution in [0.1, 0.15) is 24.1 Å². The lowest BCUT2D eigenvalue weighted by Gasteiger charge is -2.16. The molecular weight excluding hydrogens is 266 g/mol. The monoisotopic (exact) mass is 283 g/mol. The van der Waals surface area contributed by atoms with Gasteiger partial charge in [-0.1, -0.05) is 36.4 Å². The van der Waals surface area contributed by atoms with E-state index in [-0.39, 0.29) is 6.04 Å². The first-order chi connectivity index (χ1) is 9.75. The third-order valence-corrected chi connectivity index (χ3v) is 4.32. The second kappa shape index (κ2) is 5.65. The molecule has 2 aromatic carbocycles. The third kappa shape index (κ3) is 2.55. The molecule has 1 aromatic heterocycles. The Morgan fingerprint density at radius 2 is 2.00 bits per heavy atom.